The van der Waals surface area contributed by atoms with Crippen molar-refractivity contribution in [2.24, 2.45) is 0 Å². The molecule has 9 heteroatoms. The highest BCUT2D eigenvalue weighted by molar-refractivity contribution is 6.09. The fourth-order valence-electron chi connectivity index (χ4n) is 2.97. The van der Waals surface area contributed by atoms with Crippen LogP contribution < -0.4 is 10.6 Å². The van der Waals surface area contributed by atoms with Gasteiger partial charge in [-0.25, -0.2) is 9.18 Å². The van der Waals surface area contributed by atoms with Gasteiger partial charge in [-0.05, 0) is 43.7 Å². The van der Waals surface area contributed by atoms with Crippen molar-refractivity contribution in [2.75, 3.05) is 18.5 Å². The van der Waals surface area contributed by atoms with E-state index in [4.69, 9.17) is 4.74 Å². The van der Waals surface area contributed by atoms with Crippen molar-refractivity contribution in [1.29, 1.82) is 0 Å². The second kappa shape index (κ2) is 8.32. The van der Waals surface area contributed by atoms with Crippen molar-refractivity contribution in [3.63, 3.8) is 0 Å². The van der Waals surface area contributed by atoms with Crippen LogP contribution in [0.1, 0.15) is 18.1 Å². The molecule has 2 aromatic carbocycles. The molecule has 1 saturated heterocycles. The summed E-state index contributed by atoms with van der Waals surface area (Å²) in [5.74, 6) is -2.60. The Morgan fingerprint density at radius 2 is 1.73 bits per heavy atom. The highest BCUT2D eigenvalue weighted by Crippen LogP contribution is 2.28. The third-order valence-electron chi connectivity index (χ3n) is 4.68. The molecule has 30 heavy (non-hydrogen) atoms. The average Bonchev–Trinajstić information content (AvgIpc) is 2.92. The molecule has 1 heterocycles. The summed E-state index contributed by atoms with van der Waals surface area (Å²) in [6.45, 7) is 2.21. The number of benzene rings is 2. The van der Waals surface area contributed by atoms with Crippen LogP contribution in [0.3, 0.4) is 0 Å². The van der Waals surface area contributed by atoms with Crippen LogP contribution in [0, 0.1) is 12.7 Å². The van der Waals surface area contributed by atoms with Crippen LogP contribution in [-0.4, -0.2) is 41.9 Å². The Balaban J connectivity index is 1.56. The van der Waals surface area contributed by atoms with E-state index in [-0.39, 0.29) is 0 Å². The number of anilines is 1. The Kier molecular flexibility index (Phi) is 5.81. The number of rotatable bonds is 6. The molecule has 2 aromatic rings. The van der Waals surface area contributed by atoms with Gasteiger partial charge in [-0.1, -0.05) is 29.8 Å². The highest BCUT2D eigenvalue weighted by atomic mass is 19.1. The van der Waals surface area contributed by atoms with Gasteiger partial charge >= 0.3 is 12.0 Å². The lowest BCUT2D eigenvalue weighted by molar-refractivity contribution is -0.150. The van der Waals surface area contributed by atoms with E-state index in [0.29, 0.717) is 11.3 Å². The summed E-state index contributed by atoms with van der Waals surface area (Å²) in [5, 5.41) is 5.03. The first-order valence-electron chi connectivity index (χ1n) is 9.11. The average molecular weight is 413 g/mol. The highest BCUT2D eigenvalue weighted by Gasteiger charge is 2.49. The van der Waals surface area contributed by atoms with Crippen LogP contribution in [-0.2, 0) is 24.7 Å². The summed E-state index contributed by atoms with van der Waals surface area (Å²) < 4.78 is 17.7. The third kappa shape index (κ3) is 4.45. The van der Waals surface area contributed by atoms with Gasteiger partial charge in [0, 0.05) is 5.69 Å². The van der Waals surface area contributed by atoms with Gasteiger partial charge < -0.3 is 15.4 Å². The molecular formula is C21H20FN3O5. The summed E-state index contributed by atoms with van der Waals surface area (Å²) >= 11 is 0. The van der Waals surface area contributed by atoms with E-state index in [1.807, 2.05) is 19.1 Å². The number of ether oxygens (including phenoxy) is 1. The lowest BCUT2D eigenvalue weighted by Crippen LogP contribution is -2.41. The van der Waals surface area contributed by atoms with Crippen molar-refractivity contribution in [1.82, 2.24) is 10.2 Å². The Hall–Kier alpha value is -3.75. The van der Waals surface area contributed by atoms with Gasteiger partial charge in [0.05, 0.1) is 0 Å². The maximum atomic E-state index is 12.9. The Bertz CT molecular complexity index is 991. The van der Waals surface area contributed by atoms with Gasteiger partial charge in [0.25, 0.3) is 11.8 Å². The molecule has 1 atom stereocenters. The predicted octanol–water partition coefficient (Wildman–Crippen LogP) is 2.08. The zero-order valence-corrected chi connectivity index (χ0v) is 16.4. The quantitative estimate of drug-likeness (QED) is 0.557. The van der Waals surface area contributed by atoms with Crippen LogP contribution >= 0.6 is 0 Å². The number of amides is 4. The molecule has 0 aliphatic carbocycles. The molecule has 1 aliphatic heterocycles. The molecule has 0 saturated carbocycles. The molecule has 8 nitrogen and oxygen atoms in total. The Morgan fingerprint density at radius 1 is 1.10 bits per heavy atom. The molecule has 1 fully saturated rings. The van der Waals surface area contributed by atoms with Gasteiger partial charge in [0.2, 0.25) is 0 Å². The number of aryl methyl sites for hydroxylation is 1. The summed E-state index contributed by atoms with van der Waals surface area (Å²) in [5.41, 5.74) is 0.616. The van der Waals surface area contributed by atoms with E-state index in [0.717, 1.165) is 10.5 Å². The van der Waals surface area contributed by atoms with Gasteiger partial charge in [-0.3, -0.25) is 19.3 Å². The number of urea groups is 1. The van der Waals surface area contributed by atoms with Crippen molar-refractivity contribution in [3.8, 4) is 0 Å². The normalized spacial score (nSPS) is 18.2. The molecule has 156 valence electrons. The van der Waals surface area contributed by atoms with Crippen molar-refractivity contribution < 1.29 is 28.3 Å². The standard InChI is InChI=1S/C21H20FN3O5/c1-13-3-5-14(6-4-13)21(2)19(28)25(20(29)24-21)11-18(27)30-12-17(26)23-16-9-7-15(22)8-10-16/h3-10H,11-12H2,1-2H3,(H,23,26)(H,24,29)/t21-/m1/s1. The number of hydrogen-bond acceptors (Lipinski definition) is 5. The molecule has 0 bridgehead atoms. The van der Waals surface area contributed by atoms with Gasteiger partial charge in [-0.2, -0.15) is 0 Å². The molecule has 0 radical (unpaired) electrons. The molecule has 0 spiro atoms. The number of halogens is 1. The van der Waals surface area contributed by atoms with E-state index in [1.165, 1.54) is 24.3 Å². The summed E-state index contributed by atoms with van der Waals surface area (Å²) in [6, 6.07) is 11.4. The zero-order valence-electron chi connectivity index (χ0n) is 16.4. The SMILES string of the molecule is Cc1ccc([C@@]2(C)NC(=O)N(CC(=O)OCC(=O)Nc3ccc(F)cc3)C2=O)cc1. The third-order valence-corrected chi connectivity index (χ3v) is 4.68. The first-order valence-corrected chi connectivity index (χ1v) is 9.11. The number of hydrogen-bond donors (Lipinski definition) is 2. The maximum Gasteiger partial charge on any atom is 0.326 e. The van der Waals surface area contributed by atoms with Crippen LogP contribution in [0.5, 0.6) is 0 Å². The minimum absolute atomic E-state index is 0.334. The Morgan fingerprint density at radius 3 is 2.37 bits per heavy atom. The van der Waals surface area contributed by atoms with E-state index in [2.05, 4.69) is 10.6 Å². The minimum atomic E-state index is -1.30. The minimum Gasteiger partial charge on any atom is -0.454 e. The number of carbonyl (C=O) groups excluding carboxylic acids is 4. The fraction of sp³-hybridized carbons (Fsp3) is 0.238. The topological polar surface area (TPSA) is 105 Å². The van der Waals surface area contributed by atoms with Crippen LogP contribution in [0.2, 0.25) is 0 Å². The second-order valence-electron chi connectivity index (χ2n) is 7.03. The number of nitrogens with one attached hydrogen (secondary N) is 2. The largest absolute Gasteiger partial charge is 0.454 e. The number of esters is 1. The lowest BCUT2D eigenvalue weighted by atomic mass is 9.91. The predicted molar refractivity (Wildman–Crippen MR) is 105 cm³/mol. The first-order chi connectivity index (χ1) is 14.2. The molecular weight excluding hydrogens is 393 g/mol. The number of imide groups is 1. The first kappa shape index (κ1) is 21.0. The van der Waals surface area contributed by atoms with Crippen molar-refractivity contribution in [3.05, 3.63) is 65.5 Å². The number of nitrogens with zero attached hydrogens (tertiary/aromatic N) is 1. The van der Waals surface area contributed by atoms with E-state index in [1.54, 1.807) is 19.1 Å². The van der Waals surface area contributed by atoms with Crippen molar-refractivity contribution in [2.45, 2.75) is 19.4 Å². The summed E-state index contributed by atoms with van der Waals surface area (Å²) in [6.07, 6.45) is 0. The summed E-state index contributed by atoms with van der Waals surface area (Å²) in [7, 11) is 0. The molecule has 4 amide bonds. The van der Waals surface area contributed by atoms with Gasteiger partial charge in [-0.15, -0.1) is 0 Å². The summed E-state index contributed by atoms with van der Waals surface area (Å²) in [4.78, 5) is 49.7. The van der Waals surface area contributed by atoms with Gasteiger partial charge in [0.1, 0.15) is 17.9 Å². The van der Waals surface area contributed by atoms with E-state index >= 15 is 0 Å². The molecule has 2 N–H and O–H groups in total. The zero-order chi connectivity index (χ0) is 21.9. The molecule has 1 aliphatic rings. The van der Waals surface area contributed by atoms with Crippen LogP contribution in [0.4, 0.5) is 14.9 Å². The maximum absolute atomic E-state index is 12.9. The molecule has 0 unspecified atom stereocenters. The van der Waals surface area contributed by atoms with Crippen molar-refractivity contribution >= 4 is 29.5 Å². The second-order valence-corrected chi connectivity index (χ2v) is 7.03. The monoisotopic (exact) mass is 413 g/mol. The fourth-order valence-corrected chi connectivity index (χ4v) is 2.97. The number of carbonyl (C=O) groups is 4. The van der Waals surface area contributed by atoms with Crippen LogP contribution in [0.25, 0.3) is 0 Å². The molecule has 3 rings (SSSR count). The van der Waals surface area contributed by atoms with Gasteiger partial charge in [0.15, 0.2) is 6.61 Å². The smallest absolute Gasteiger partial charge is 0.326 e. The van der Waals surface area contributed by atoms with Crippen LogP contribution in [0.15, 0.2) is 48.5 Å². The van der Waals surface area contributed by atoms with E-state index in [9.17, 15) is 23.6 Å². The lowest BCUT2D eigenvalue weighted by Gasteiger charge is -2.22. The molecule has 0 aromatic heterocycles. The Labute approximate surface area is 172 Å². The van der Waals surface area contributed by atoms with E-state index < -0.39 is 48.3 Å².